The third-order valence-electron chi connectivity index (χ3n) is 3.31. The van der Waals surface area contributed by atoms with Gasteiger partial charge >= 0.3 is 0 Å². The molecule has 0 aliphatic carbocycles. The molecule has 0 amide bonds. The molecule has 5 nitrogen and oxygen atoms in total. The van der Waals surface area contributed by atoms with Crippen molar-refractivity contribution >= 4 is 5.82 Å². The second-order valence-electron chi connectivity index (χ2n) is 4.73. The van der Waals surface area contributed by atoms with Crippen LogP contribution in [0.3, 0.4) is 0 Å². The summed E-state index contributed by atoms with van der Waals surface area (Å²) in [6.45, 7) is 5.98. The minimum Gasteiger partial charge on any atom is -0.494 e. The fraction of sp³-hybridized carbons (Fsp3) is 0.438. The summed E-state index contributed by atoms with van der Waals surface area (Å²) in [5.74, 6) is 1.53. The van der Waals surface area contributed by atoms with Crippen LogP contribution in [0.1, 0.15) is 19.5 Å². The lowest BCUT2D eigenvalue weighted by Crippen LogP contribution is -2.00. The van der Waals surface area contributed by atoms with E-state index in [4.69, 9.17) is 15.2 Å². The number of nitrogen functional groups attached to an aromatic ring is 1. The molecule has 0 fully saturated rings. The average Bonchev–Trinajstić information content (AvgIpc) is 2.76. The van der Waals surface area contributed by atoms with E-state index in [-0.39, 0.29) is 0 Å². The highest BCUT2D eigenvalue weighted by molar-refractivity contribution is 5.77. The quantitative estimate of drug-likeness (QED) is 0.796. The standard InChI is InChI=1S/C16H23N3O2/c1-4-20-11-10-14-15(16(17)19(3)18-14)12-6-8-13(9-7-12)21-5-2/h6-9H,4-5,10-11,17H2,1-3H3. The minimum absolute atomic E-state index is 0.650. The van der Waals surface area contributed by atoms with Gasteiger partial charge in [-0.05, 0) is 31.5 Å². The van der Waals surface area contributed by atoms with Crippen molar-refractivity contribution in [3.05, 3.63) is 30.0 Å². The first-order valence-corrected chi connectivity index (χ1v) is 7.29. The number of nitrogens with zero attached hydrogens (tertiary/aromatic N) is 2. The fourth-order valence-corrected chi connectivity index (χ4v) is 2.28. The largest absolute Gasteiger partial charge is 0.494 e. The van der Waals surface area contributed by atoms with Gasteiger partial charge in [0.15, 0.2) is 0 Å². The van der Waals surface area contributed by atoms with Crippen LogP contribution in [-0.4, -0.2) is 29.6 Å². The van der Waals surface area contributed by atoms with Crippen molar-refractivity contribution in [1.29, 1.82) is 0 Å². The predicted molar refractivity (Wildman–Crippen MR) is 84.4 cm³/mol. The van der Waals surface area contributed by atoms with Crippen LogP contribution in [0.5, 0.6) is 5.75 Å². The van der Waals surface area contributed by atoms with Crippen LogP contribution in [0.15, 0.2) is 24.3 Å². The Kier molecular flexibility index (Phi) is 5.22. The summed E-state index contributed by atoms with van der Waals surface area (Å²) < 4.78 is 12.6. The molecule has 0 aliphatic heterocycles. The van der Waals surface area contributed by atoms with Crippen LogP contribution in [0, 0.1) is 0 Å². The number of nitrogens with two attached hydrogens (primary N) is 1. The van der Waals surface area contributed by atoms with E-state index in [1.54, 1.807) is 4.68 Å². The SMILES string of the molecule is CCOCCc1nn(C)c(N)c1-c1ccc(OCC)cc1. The third kappa shape index (κ3) is 3.55. The van der Waals surface area contributed by atoms with E-state index in [0.29, 0.717) is 25.6 Å². The first-order chi connectivity index (χ1) is 10.2. The van der Waals surface area contributed by atoms with Crippen molar-refractivity contribution in [3.63, 3.8) is 0 Å². The fourth-order valence-electron chi connectivity index (χ4n) is 2.28. The second-order valence-corrected chi connectivity index (χ2v) is 4.73. The third-order valence-corrected chi connectivity index (χ3v) is 3.31. The highest BCUT2D eigenvalue weighted by atomic mass is 16.5. The number of aryl methyl sites for hydroxylation is 1. The number of ether oxygens (including phenoxy) is 2. The Morgan fingerprint density at radius 2 is 1.86 bits per heavy atom. The van der Waals surface area contributed by atoms with E-state index in [1.807, 2.05) is 45.2 Å². The van der Waals surface area contributed by atoms with Crippen molar-refractivity contribution in [2.45, 2.75) is 20.3 Å². The van der Waals surface area contributed by atoms with Gasteiger partial charge in [0.1, 0.15) is 11.6 Å². The Morgan fingerprint density at radius 1 is 1.14 bits per heavy atom. The maximum atomic E-state index is 6.16. The molecule has 0 atom stereocenters. The van der Waals surface area contributed by atoms with Gasteiger partial charge in [-0.3, -0.25) is 4.68 Å². The Bertz CT molecular complexity index is 576. The Morgan fingerprint density at radius 3 is 2.48 bits per heavy atom. The zero-order valence-electron chi connectivity index (χ0n) is 12.9. The molecule has 0 saturated heterocycles. The summed E-state index contributed by atoms with van der Waals surface area (Å²) in [6.07, 6.45) is 0.751. The summed E-state index contributed by atoms with van der Waals surface area (Å²) in [6, 6.07) is 7.94. The summed E-state index contributed by atoms with van der Waals surface area (Å²) >= 11 is 0. The van der Waals surface area contributed by atoms with E-state index < -0.39 is 0 Å². The van der Waals surface area contributed by atoms with Crippen molar-refractivity contribution in [1.82, 2.24) is 9.78 Å². The summed E-state index contributed by atoms with van der Waals surface area (Å²) in [5, 5.41) is 4.50. The number of benzene rings is 1. The molecule has 1 aromatic heterocycles. The van der Waals surface area contributed by atoms with Gasteiger partial charge in [-0.25, -0.2) is 0 Å². The highest BCUT2D eigenvalue weighted by Gasteiger charge is 2.15. The van der Waals surface area contributed by atoms with E-state index in [0.717, 1.165) is 29.0 Å². The first-order valence-electron chi connectivity index (χ1n) is 7.29. The minimum atomic E-state index is 0.650. The lowest BCUT2D eigenvalue weighted by molar-refractivity contribution is 0.150. The van der Waals surface area contributed by atoms with Gasteiger partial charge < -0.3 is 15.2 Å². The van der Waals surface area contributed by atoms with Crippen LogP contribution in [-0.2, 0) is 18.2 Å². The van der Waals surface area contributed by atoms with E-state index >= 15 is 0 Å². The smallest absolute Gasteiger partial charge is 0.129 e. The van der Waals surface area contributed by atoms with Crippen LogP contribution < -0.4 is 10.5 Å². The maximum absolute atomic E-state index is 6.16. The van der Waals surface area contributed by atoms with Crippen molar-refractivity contribution in [3.8, 4) is 16.9 Å². The molecule has 0 aliphatic rings. The molecule has 2 rings (SSSR count). The average molecular weight is 289 g/mol. The van der Waals surface area contributed by atoms with Gasteiger partial charge in [-0.2, -0.15) is 5.10 Å². The maximum Gasteiger partial charge on any atom is 0.129 e. The molecule has 0 bridgehead atoms. The number of anilines is 1. The van der Waals surface area contributed by atoms with Crippen LogP contribution in [0.2, 0.25) is 0 Å². The normalized spacial score (nSPS) is 10.8. The second kappa shape index (κ2) is 7.13. The summed E-state index contributed by atoms with van der Waals surface area (Å²) in [5.41, 5.74) is 9.17. The number of hydrogen-bond donors (Lipinski definition) is 1. The van der Waals surface area contributed by atoms with E-state index in [2.05, 4.69) is 5.10 Å². The lowest BCUT2D eigenvalue weighted by Gasteiger charge is -2.07. The van der Waals surface area contributed by atoms with Gasteiger partial charge in [0.2, 0.25) is 0 Å². The molecule has 2 N–H and O–H groups in total. The predicted octanol–water partition coefficient (Wildman–Crippen LogP) is 2.65. The molecule has 5 heteroatoms. The molecule has 1 aromatic carbocycles. The van der Waals surface area contributed by atoms with Gasteiger partial charge in [0.25, 0.3) is 0 Å². The molecule has 2 aromatic rings. The molecule has 21 heavy (non-hydrogen) atoms. The van der Waals surface area contributed by atoms with Gasteiger partial charge in [0, 0.05) is 25.6 Å². The van der Waals surface area contributed by atoms with E-state index in [9.17, 15) is 0 Å². The van der Waals surface area contributed by atoms with Crippen LogP contribution in [0.4, 0.5) is 5.82 Å². The zero-order valence-corrected chi connectivity index (χ0v) is 12.9. The molecule has 0 saturated carbocycles. The van der Waals surface area contributed by atoms with Crippen molar-refractivity contribution in [2.24, 2.45) is 7.05 Å². The molecule has 1 heterocycles. The summed E-state index contributed by atoms with van der Waals surface area (Å²) in [4.78, 5) is 0. The first kappa shape index (κ1) is 15.4. The van der Waals surface area contributed by atoms with E-state index in [1.165, 1.54) is 0 Å². The van der Waals surface area contributed by atoms with Gasteiger partial charge in [0.05, 0.1) is 18.9 Å². The zero-order chi connectivity index (χ0) is 15.2. The molecule has 0 unspecified atom stereocenters. The monoisotopic (exact) mass is 289 g/mol. The van der Waals surface area contributed by atoms with Crippen molar-refractivity contribution < 1.29 is 9.47 Å². The molecule has 0 radical (unpaired) electrons. The lowest BCUT2D eigenvalue weighted by atomic mass is 10.0. The van der Waals surface area contributed by atoms with Crippen LogP contribution >= 0.6 is 0 Å². The Labute approximate surface area is 125 Å². The highest BCUT2D eigenvalue weighted by Crippen LogP contribution is 2.31. The number of rotatable bonds is 7. The Balaban J connectivity index is 2.28. The molecule has 114 valence electrons. The molecule has 0 spiro atoms. The topological polar surface area (TPSA) is 62.3 Å². The van der Waals surface area contributed by atoms with Gasteiger partial charge in [-0.15, -0.1) is 0 Å². The van der Waals surface area contributed by atoms with Gasteiger partial charge in [-0.1, -0.05) is 12.1 Å². The molecular weight excluding hydrogens is 266 g/mol. The summed E-state index contributed by atoms with van der Waals surface area (Å²) in [7, 11) is 1.86. The number of hydrogen-bond acceptors (Lipinski definition) is 4. The Hall–Kier alpha value is -2.01. The van der Waals surface area contributed by atoms with Crippen molar-refractivity contribution in [2.75, 3.05) is 25.6 Å². The molecular formula is C16H23N3O2. The number of aromatic nitrogens is 2. The van der Waals surface area contributed by atoms with Crippen LogP contribution in [0.25, 0.3) is 11.1 Å².